The molecule has 100 valence electrons. The zero-order valence-electron chi connectivity index (χ0n) is 11.5. The molecule has 1 aromatic carbocycles. The third kappa shape index (κ3) is 1.94. The third-order valence-electron chi connectivity index (χ3n) is 5.59. The fourth-order valence-electron chi connectivity index (χ4n) is 4.46. The van der Waals surface area contributed by atoms with Crippen LogP contribution in [0.25, 0.3) is 0 Å². The summed E-state index contributed by atoms with van der Waals surface area (Å²) in [5, 5.41) is 0. The lowest BCUT2D eigenvalue weighted by Crippen LogP contribution is -2.08. The van der Waals surface area contributed by atoms with Crippen molar-refractivity contribution in [1.82, 2.24) is 0 Å². The monoisotopic (exact) mass is 254 g/mol. The molecule has 4 rings (SSSR count). The molecule has 2 fully saturated rings. The van der Waals surface area contributed by atoms with Gasteiger partial charge in [-0.05, 0) is 67.6 Å². The van der Waals surface area contributed by atoms with Crippen LogP contribution in [-0.4, -0.2) is 5.78 Å². The fraction of sp³-hybridized carbons (Fsp3) is 0.611. The Bertz CT molecular complexity index is 504. The lowest BCUT2D eigenvalue weighted by molar-refractivity contribution is 0.0956. The number of hydrogen-bond donors (Lipinski definition) is 0. The van der Waals surface area contributed by atoms with Crippen LogP contribution in [0, 0.1) is 17.8 Å². The summed E-state index contributed by atoms with van der Waals surface area (Å²) in [7, 11) is 0. The molecule has 2 atom stereocenters. The first kappa shape index (κ1) is 11.7. The molecule has 0 aromatic heterocycles. The van der Waals surface area contributed by atoms with E-state index in [1.54, 1.807) is 0 Å². The van der Waals surface area contributed by atoms with Gasteiger partial charge >= 0.3 is 0 Å². The Labute approximate surface area is 115 Å². The van der Waals surface area contributed by atoms with Crippen LogP contribution in [0.3, 0.4) is 0 Å². The lowest BCUT2D eigenvalue weighted by Gasteiger charge is -2.16. The molecule has 0 bridgehead atoms. The van der Waals surface area contributed by atoms with E-state index in [0.29, 0.717) is 11.7 Å². The van der Waals surface area contributed by atoms with E-state index in [0.717, 1.165) is 17.4 Å². The largest absolute Gasteiger partial charge is 0.294 e. The quantitative estimate of drug-likeness (QED) is 0.723. The van der Waals surface area contributed by atoms with Crippen molar-refractivity contribution in [3.63, 3.8) is 0 Å². The van der Waals surface area contributed by atoms with Gasteiger partial charge in [0.15, 0.2) is 5.78 Å². The topological polar surface area (TPSA) is 17.1 Å². The molecule has 0 saturated heterocycles. The SMILES string of the molecule is O=C(c1ccc2c(c1)CCCC2)C1C2CCCCC21. The molecule has 1 aromatic rings. The number of carbonyl (C=O) groups excluding carboxylic acids is 1. The Kier molecular flexibility index (Phi) is 2.75. The summed E-state index contributed by atoms with van der Waals surface area (Å²) in [6.45, 7) is 0. The van der Waals surface area contributed by atoms with E-state index in [1.165, 1.54) is 62.5 Å². The number of aryl methyl sites for hydroxylation is 2. The summed E-state index contributed by atoms with van der Waals surface area (Å²) in [5.41, 5.74) is 3.93. The first-order valence-electron chi connectivity index (χ1n) is 8.00. The highest BCUT2D eigenvalue weighted by molar-refractivity contribution is 6.00. The van der Waals surface area contributed by atoms with Crippen molar-refractivity contribution in [3.05, 3.63) is 34.9 Å². The minimum absolute atomic E-state index is 0.379. The van der Waals surface area contributed by atoms with Crippen LogP contribution < -0.4 is 0 Å². The second kappa shape index (κ2) is 4.47. The smallest absolute Gasteiger partial charge is 0.166 e. The summed E-state index contributed by atoms with van der Waals surface area (Å²) < 4.78 is 0. The van der Waals surface area contributed by atoms with Crippen LogP contribution >= 0.6 is 0 Å². The summed E-state index contributed by atoms with van der Waals surface area (Å²) in [6, 6.07) is 6.52. The van der Waals surface area contributed by atoms with Gasteiger partial charge in [0.1, 0.15) is 0 Å². The van der Waals surface area contributed by atoms with Gasteiger partial charge in [-0.25, -0.2) is 0 Å². The van der Waals surface area contributed by atoms with E-state index in [-0.39, 0.29) is 0 Å². The molecule has 3 aliphatic carbocycles. The molecule has 0 aliphatic heterocycles. The Hall–Kier alpha value is -1.11. The van der Waals surface area contributed by atoms with Crippen molar-refractivity contribution < 1.29 is 4.79 Å². The molecule has 0 N–H and O–H groups in total. The van der Waals surface area contributed by atoms with Crippen LogP contribution in [-0.2, 0) is 12.8 Å². The number of benzene rings is 1. The number of fused-ring (bicyclic) bond motifs is 2. The molecule has 0 heterocycles. The Morgan fingerprint density at radius 3 is 2.32 bits per heavy atom. The molecule has 0 amide bonds. The van der Waals surface area contributed by atoms with Crippen molar-refractivity contribution in [2.75, 3.05) is 0 Å². The third-order valence-corrected chi connectivity index (χ3v) is 5.59. The van der Waals surface area contributed by atoms with Crippen molar-refractivity contribution in [1.29, 1.82) is 0 Å². The zero-order valence-corrected chi connectivity index (χ0v) is 11.5. The Morgan fingerprint density at radius 2 is 1.58 bits per heavy atom. The summed E-state index contributed by atoms with van der Waals surface area (Å²) in [4.78, 5) is 12.7. The standard InChI is InChI=1S/C18H22O/c19-18(17-15-7-3-4-8-16(15)17)14-10-9-12-5-1-2-6-13(12)11-14/h9-11,15-17H,1-8H2. The van der Waals surface area contributed by atoms with Gasteiger partial charge in [-0.2, -0.15) is 0 Å². The van der Waals surface area contributed by atoms with Gasteiger partial charge < -0.3 is 0 Å². The molecule has 3 aliphatic rings. The van der Waals surface area contributed by atoms with Gasteiger partial charge in [-0.3, -0.25) is 4.79 Å². The molecule has 2 saturated carbocycles. The highest BCUT2D eigenvalue weighted by atomic mass is 16.1. The molecule has 1 nitrogen and oxygen atoms in total. The van der Waals surface area contributed by atoms with Gasteiger partial charge in [0, 0.05) is 11.5 Å². The average molecular weight is 254 g/mol. The van der Waals surface area contributed by atoms with Gasteiger partial charge in [-0.1, -0.05) is 25.0 Å². The minimum Gasteiger partial charge on any atom is -0.294 e. The maximum absolute atomic E-state index is 12.7. The number of Topliss-reactive ketones (excluding diaryl/α,β-unsaturated/α-hetero) is 1. The van der Waals surface area contributed by atoms with E-state index < -0.39 is 0 Å². The maximum Gasteiger partial charge on any atom is 0.166 e. The summed E-state index contributed by atoms with van der Waals surface area (Å²) >= 11 is 0. The minimum atomic E-state index is 0.379. The predicted molar refractivity (Wildman–Crippen MR) is 76.4 cm³/mol. The van der Waals surface area contributed by atoms with Crippen molar-refractivity contribution in [2.45, 2.75) is 51.4 Å². The number of ketones is 1. The molecule has 2 unspecified atom stereocenters. The molecule has 1 heteroatoms. The lowest BCUT2D eigenvalue weighted by atomic mass is 9.89. The fourth-order valence-corrected chi connectivity index (χ4v) is 4.46. The van der Waals surface area contributed by atoms with Gasteiger partial charge in [0.25, 0.3) is 0 Å². The molecular weight excluding hydrogens is 232 g/mol. The molecular formula is C18H22O. The Morgan fingerprint density at radius 1 is 0.895 bits per heavy atom. The predicted octanol–water partition coefficient (Wildman–Crippen LogP) is 4.18. The van der Waals surface area contributed by atoms with Gasteiger partial charge in [0.05, 0.1) is 0 Å². The van der Waals surface area contributed by atoms with Crippen molar-refractivity contribution in [2.24, 2.45) is 17.8 Å². The average Bonchev–Trinajstić information content (AvgIpc) is 3.20. The number of carbonyl (C=O) groups is 1. The second-order valence-electron chi connectivity index (χ2n) is 6.69. The van der Waals surface area contributed by atoms with Crippen LogP contribution in [0.15, 0.2) is 18.2 Å². The summed E-state index contributed by atoms with van der Waals surface area (Å²) in [5.74, 6) is 2.30. The van der Waals surface area contributed by atoms with Crippen LogP contribution in [0.4, 0.5) is 0 Å². The molecule has 19 heavy (non-hydrogen) atoms. The molecule has 0 radical (unpaired) electrons. The highest BCUT2D eigenvalue weighted by Gasteiger charge is 2.54. The van der Waals surface area contributed by atoms with E-state index in [2.05, 4.69) is 18.2 Å². The van der Waals surface area contributed by atoms with Crippen LogP contribution in [0.1, 0.15) is 60.0 Å². The van der Waals surface area contributed by atoms with E-state index in [1.807, 2.05) is 0 Å². The van der Waals surface area contributed by atoms with E-state index >= 15 is 0 Å². The van der Waals surface area contributed by atoms with Gasteiger partial charge in [-0.15, -0.1) is 0 Å². The summed E-state index contributed by atoms with van der Waals surface area (Å²) in [6.07, 6.45) is 10.3. The van der Waals surface area contributed by atoms with Crippen molar-refractivity contribution >= 4 is 5.78 Å². The van der Waals surface area contributed by atoms with Crippen molar-refractivity contribution in [3.8, 4) is 0 Å². The highest BCUT2D eigenvalue weighted by Crippen LogP contribution is 2.56. The molecule has 0 spiro atoms. The Balaban J connectivity index is 1.57. The number of hydrogen-bond acceptors (Lipinski definition) is 1. The maximum atomic E-state index is 12.7. The first-order chi connectivity index (χ1) is 9.34. The van der Waals surface area contributed by atoms with Crippen LogP contribution in [0.2, 0.25) is 0 Å². The van der Waals surface area contributed by atoms with E-state index in [9.17, 15) is 4.79 Å². The van der Waals surface area contributed by atoms with Crippen LogP contribution in [0.5, 0.6) is 0 Å². The zero-order chi connectivity index (χ0) is 12.8. The first-order valence-corrected chi connectivity index (χ1v) is 8.00. The van der Waals surface area contributed by atoms with E-state index in [4.69, 9.17) is 0 Å². The van der Waals surface area contributed by atoms with Gasteiger partial charge in [0.2, 0.25) is 0 Å². The normalized spacial score (nSPS) is 32.3. The second-order valence-corrected chi connectivity index (χ2v) is 6.69. The number of rotatable bonds is 2.